The number of amides is 1. The molecule has 0 radical (unpaired) electrons. The first-order valence-corrected chi connectivity index (χ1v) is 11.9. The Labute approximate surface area is 193 Å². The number of carbonyl (C=O) groups is 1. The van der Waals surface area contributed by atoms with Gasteiger partial charge in [-0.25, -0.2) is 9.97 Å². The Bertz CT molecular complexity index is 1150. The first kappa shape index (κ1) is 21.7. The quantitative estimate of drug-likeness (QED) is 0.306. The molecular weight excluding hydrogens is 452 g/mol. The average molecular weight is 473 g/mol. The highest BCUT2D eigenvalue weighted by Gasteiger charge is 2.20. The molecule has 1 amide bonds. The van der Waals surface area contributed by atoms with E-state index in [-0.39, 0.29) is 5.91 Å². The fourth-order valence-corrected chi connectivity index (χ4v) is 4.98. The van der Waals surface area contributed by atoms with E-state index >= 15 is 0 Å². The topological polar surface area (TPSA) is 60.2 Å². The predicted octanol–water partition coefficient (Wildman–Crippen LogP) is 5.37. The van der Waals surface area contributed by atoms with E-state index in [2.05, 4.69) is 4.98 Å². The van der Waals surface area contributed by atoms with E-state index < -0.39 is 0 Å². The Morgan fingerprint density at radius 2 is 2.10 bits per heavy atom. The molecule has 2 heterocycles. The van der Waals surface area contributed by atoms with Crippen molar-refractivity contribution in [1.29, 1.82) is 0 Å². The number of hydrogen-bond acceptors (Lipinski definition) is 6. The van der Waals surface area contributed by atoms with Gasteiger partial charge in [0.1, 0.15) is 5.75 Å². The van der Waals surface area contributed by atoms with Gasteiger partial charge in [0.2, 0.25) is 5.91 Å². The smallest absolute Gasteiger partial charge is 0.239 e. The molecule has 0 unspecified atom stereocenters. The molecule has 2 aromatic carbocycles. The van der Waals surface area contributed by atoms with E-state index in [0.717, 1.165) is 33.8 Å². The van der Waals surface area contributed by atoms with E-state index in [1.54, 1.807) is 24.5 Å². The molecule has 6 nitrogen and oxygen atoms in total. The van der Waals surface area contributed by atoms with E-state index in [1.165, 1.54) is 23.1 Å². The zero-order valence-electron chi connectivity index (χ0n) is 16.9. The van der Waals surface area contributed by atoms with Gasteiger partial charge in [0, 0.05) is 35.4 Å². The van der Waals surface area contributed by atoms with Crippen LogP contribution in [0.25, 0.3) is 10.2 Å². The number of methoxy groups -OCH3 is 1. The number of ether oxygens (including phenoxy) is 1. The van der Waals surface area contributed by atoms with Crippen molar-refractivity contribution in [2.75, 3.05) is 24.3 Å². The Morgan fingerprint density at radius 1 is 1.26 bits per heavy atom. The van der Waals surface area contributed by atoms with Crippen molar-refractivity contribution in [3.05, 3.63) is 66.2 Å². The second-order valence-electron chi connectivity index (χ2n) is 6.77. The number of anilines is 1. The lowest BCUT2D eigenvalue weighted by Gasteiger charge is -2.20. The number of halogens is 1. The standard InChI is InChI=1S/C22H21ClN4O2S2/c1-29-17-5-8-19-20(13-17)31-22(25-19)27(11-2-10-26-12-9-24-15-26)21(28)14-30-18-6-3-16(23)4-7-18/h3-9,12-13,15H,2,10-11,14H2,1H3. The maximum Gasteiger partial charge on any atom is 0.239 e. The van der Waals surface area contributed by atoms with Gasteiger partial charge >= 0.3 is 0 Å². The van der Waals surface area contributed by atoms with Crippen molar-refractivity contribution in [1.82, 2.24) is 14.5 Å². The zero-order chi connectivity index (χ0) is 21.6. The van der Waals surface area contributed by atoms with Gasteiger partial charge in [-0.05, 0) is 48.9 Å². The lowest BCUT2D eigenvalue weighted by molar-refractivity contribution is -0.116. The van der Waals surface area contributed by atoms with Crippen LogP contribution in [0.1, 0.15) is 6.42 Å². The van der Waals surface area contributed by atoms with E-state index in [0.29, 0.717) is 22.5 Å². The van der Waals surface area contributed by atoms with Gasteiger partial charge in [0.05, 0.1) is 29.4 Å². The molecule has 160 valence electrons. The number of thiazole rings is 1. The summed E-state index contributed by atoms with van der Waals surface area (Å²) in [7, 11) is 1.64. The molecule has 4 aromatic rings. The third kappa shape index (κ3) is 5.58. The molecule has 0 atom stereocenters. The highest BCUT2D eigenvalue weighted by molar-refractivity contribution is 8.00. The number of aryl methyl sites for hydroxylation is 1. The van der Waals surface area contributed by atoms with Crippen LogP contribution in [0.15, 0.2) is 66.1 Å². The summed E-state index contributed by atoms with van der Waals surface area (Å²) < 4.78 is 8.32. The van der Waals surface area contributed by atoms with Crippen molar-refractivity contribution < 1.29 is 9.53 Å². The number of fused-ring (bicyclic) bond motifs is 1. The first-order chi connectivity index (χ1) is 15.1. The van der Waals surface area contributed by atoms with Gasteiger partial charge in [0.25, 0.3) is 0 Å². The number of carbonyl (C=O) groups excluding carboxylic acids is 1. The number of rotatable bonds is 9. The maximum absolute atomic E-state index is 13.2. The van der Waals surface area contributed by atoms with Crippen molar-refractivity contribution in [3.63, 3.8) is 0 Å². The van der Waals surface area contributed by atoms with Crippen LogP contribution in [0, 0.1) is 0 Å². The first-order valence-electron chi connectivity index (χ1n) is 9.71. The van der Waals surface area contributed by atoms with Crippen molar-refractivity contribution in [2.24, 2.45) is 0 Å². The van der Waals surface area contributed by atoms with Gasteiger partial charge in [-0.2, -0.15) is 0 Å². The Hall–Kier alpha value is -2.55. The maximum atomic E-state index is 13.2. The normalized spacial score (nSPS) is 11.0. The van der Waals surface area contributed by atoms with E-state index in [9.17, 15) is 4.79 Å². The third-order valence-electron chi connectivity index (χ3n) is 4.65. The monoisotopic (exact) mass is 472 g/mol. The molecule has 0 saturated heterocycles. The highest BCUT2D eigenvalue weighted by atomic mass is 35.5. The van der Waals surface area contributed by atoms with Crippen LogP contribution in [0.5, 0.6) is 5.75 Å². The number of hydrogen-bond donors (Lipinski definition) is 0. The number of benzene rings is 2. The molecule has 0 aliphatic heterocycles. The minimum absolute atomic E-state index is 0.0246. The van der Waals surface area contributed by atoms with Crippen LogP contribution < -0.4 is 9.64 Å². The molecule has 0 spiro atoms. The van der Waals surface area contributed by atoms with Crippen LogP contribution in [-0.2, 0) is 11.3 Å². The average Bonchev–Trinajstić information content (AvgIpc) is 3.45. The second-order valence-corrected chi connectivity index (χ2v) is 9.27. The molecule has 4 rings (SSSR count). The summed E-state index contributed by atoms with van der Waals surface area (Å²) in [5.74, 6) is 1.13. The van der Waals surface area contributed by atoms with Crippen LogP contribution in [0.3, 0.4) is 0 Å². The Morgan fingerprint density at radius 3 is 2.84 bits per heavy atom. The summed E-state index contributed by atoms with van der Waals surface area (Å²) in [6.45, 7) is 1.36. The summed E-state index contributed by atoms with van der Waals surface area (Å²) in [6, 6.07) is 13.3. The summed E-state index contributed by atoms with van der Waals surface area (Å²) >= 11 is 8.96. The molecule has 31 heavy (non-hydrogen) atoms. The van der Waals surface area contributed by atoms with E-state index in [1.807, 2.05) is 53.2 Å². The minimum atomic E-state index is 0.0246. The Kier molecular flexibility index (Phi) is 7.11. The number of aromatic nitrogens is 3. The molecule has 9 heteroatoms. The van der Waals surface area contributed by atoms with Crippen LogP contribution in [0.4, 0.5) is 5.13 Å². The van der Waals surface area contributed by atoms with Crippen LogP contribution in [-0.4, -0.2) is 39.8 Å². The molecule has 0 N–H and O–H groups in total. The van der Waals surface area contributed by atoms with Gasteiger partial charge in [0.15, 0.2) is 5.13 Å². The molecule has 2 aromatic heterocycles. The zero-order valence-corrected chi connectivity index (χ0v) is 19.3. The van der Waals surface area contributed by atoms with Gasteiger partial charge in [-0.1, -0.05) is 22.9 Å². The molecule has 0 saturated carbocycles. The summed E-state index contributed by atoms with van der Waals surface area (Å²) in [5.41, 5.74) is 0.860. The number of imidazole rings is 1. The van der Waals surface area contributed by atoms with Crippen LogP contribution >= 0.6 is 34.7 Å². The molecule has 0 aliphatic rings. The third-order valence-corrected chi connectivity index (χ3v) is 6.94. The highest BCUT2D eigenvalue weighted by Crippen LogP contribution is 2.32. The Balaban J connectivity index is 1.51. The van der Waals surface area contributed by atoms with Crippen LogP contribution in [0.2, 0.25) is 5.02 Å². The number of thioether (sulfide) groups is 1. The van der Waals surface area contributed by atoms with Crippen molar-refractivity contribution in [3.8, 4) is 5.75 Å². The fraction of sp³-hybridized carbons (Fsp3) is 0.227. The van der Waals surface area contributed by atoms with Gasteiger partial charge < -0.3 is 9.30 Å². The van der Waals surface area contributed by atoms with Gasteiger partial charge in [-0.15, -0.1) is 11.8 Å². The summed E-state index contributed by atoms with van der Waals surface area (Å²) in [5, 5.41) is 1.39. The minimum Gasteiger partial charge on any atom is -0.497 e. The largest absolute Gasteiger partial charge is 0.497 e. The van der Waals surface area contributed by atoms with Gasteiger partial charge in [-0.3, -0.25) is 9.69 Å². The summed E-state index contributed by atoms with van der Waals surface area (Å²) in [6.07, 6.45) is 6.26. The lowest BCUT2D eigenvalue weighted by atomic mass is 10.3. The molecule has 0 bridgehead atoms. The van der Waals surface area contributed by atoms with Crippen molar-refractivity contribution in [2.45, 2.75) is 17.9 Å². The van der Waals surface area contributed by atoms with Crippen molar-refractivity contribution >= 4 is 56.0 Å². The number of nitrogens with zero attached hydrogens (tertiary/aromatic N) is 4. The molecule has 0 aliphatic carbocycles. The SMILES string of the molecule is COc1ccc2nc(N(CCCn3ccnc3)C(=O)CSc3ccc(Cl)cc3)sc2c1. The second kappa shape index (κ2) is 10.2. The summed E-state index contributed by atoms with van der Waals surface area (Å²) in [4.78, 5) is 24.8. The fourth-order valence-electron chi connectivity index (χ4n) is 3.05. The lowest BCUT2D eigenvalue weighted by Crippen LogP contribution is -2.33. The molecule has 0 fully saturated rings. The van der Waals surface area contributed by atoms with E-state index in [4.69, 9.17) is 21.3 Å². The molecular formula is C22H21ClN4O2S2. The predicted molar refractivity (Wildman–Crippen MR) is 128 cm³/mol.